The molecular weight excluding hydrogens is 288 g/mol. The van der Waals surface area contributed by atoms with Crippen LogP contribution in [0.25, 0.3) is 0 Å². The van der Waals surface area contributed by atoms with E-state index >= 15 is 0 Å². The minimum atomic E-state index is -0.335. The summed E-state index contributed by atoms with van der Waals surface area (Å²) in [6.07, 6.45) is 2.00. The predicted molar refractivity (Wildman–Crippen MR) is 81.5 cm³/mol. The molecular formula is C14H16N4O2S. The highest BCUT2D eigenvalue weighted by Gasteiger charge is 2.30. The van der Waals surface area contributed by atoms with Gasteiger partial charge < -0.3 is 5.32 Å². The van der Waals surface area contributed by atoms with Crippen molar-refractivity contribution in [3.63, 3.8) is 0 Å². The molecule has 0 spiro atoms. The lowest BCUT2D eigenvalue weighted by molar-refractivity contribution is -0.115. The van der Waals surface area contributed by atoms with Crippen molar-refractivity contribution in [1.82, 2.24) is 14.8 Å². The maximum absolute atomic E-state index is 12.2. The van der Waals surface area contributed by atoms with Crippen LogP contribution in [0.15, 0.2) is 40.3 Å². The fourth-order valence-corrected chi connectivity index (χ4v) is 2.93. The Morgan fingerprint density at radius 1 is 1.43 bits per heavy atom. The van der Waals surface area contributed by atoms with Crippen molar-refractivity contribution in [2.75, 3.05) is 5.32 Å². The van der Waals surface area contributed by atoms with Crippen molar-refractivity contribution in [3.8, 4) is 0 Å². The second-order valence-corrected chi connectivity index (χ2v) is 6.34. The second kappa shape index (κ2) is 5.77. The van der Waals surface area contributed by atoms with Crippen LogP contribution in [0, 0.1) is 0 Å². The average molecular weight is 304 g/mol. The Balaban J connectivity index is 1.67. The molecule has 1 aromatic heterocycles. The standard InChI is InChI=1S/C14H16N4O2S/c1-9(12(19)15-10-5-3-2-4-6-10)21-14-17-16-13(20)18(14)11-7-8-11/h2-6,9,11H,7-8H2,1H3,(H,15,19)(H,16,20)/t9-/m0/s1. The molecule has 6 nitrogen and oxygen atoms in total. The topological polar surface area (TPSA) is 79.8 Å². The van der Waals surface area contributed by atoms with E-state index in [0.717, 1.165) is 18.5 Å². The lowest BCUT2D eigenvalue weighted by Gasteiger charge is -2.11. The Morgan fingerprint density at radius 2 is 2.14 bits per heavy atom. The van der Waals surface area contributed by atoms with Gasteiger partial charge in [-0.3, -0.25) is 9.36 Å². The SMILES string of the molecule is C[C@H](Sc1n[nH]c(=O)n1C1CC1)C(=O)Nc1ccccc1. The highest BCUT2D eigenvalue weighted by Crippen LogP contribution is 2.36. The zero-order valence-electron chi connectivity index (χ0n) is 11.6. The molecule has 0 aliphatic heterocycles. The van der Waals surface area contributed by atoms with E-state index < -0.39 is 0 Å². The van der Waals surface area contributed by atoms with Gasteiger partial charge in [0.2, 0.25) is 5.91 Å². The molecule has 1 aromatic carbocycles. The summed E-state index contributed by atoms with van der Waals surface area (Å²) in [7, 11) is 0. The highest BCUT2D eigenvalue weighted by molar-refractivity contribution is 8.00. The van der Waals surface area contributed by atoms with Gasteiger partial charge in [-0.1, -0.05) is 30.0 Å². The number of hydrogen-bond acceptors (Lipinski definition) is 4. The number of carbonyl (C=O) groups excluding carboxylic acids is 1. The number of H-pyrrole nitrogens is 1. The van der Waals surface area contributed by atoms with Crippen LogP contribution in [0.5, 0.6) is 0 Å². The largest absolute Gasteiger partial charge is 0.344 e. The first-order valence-corrected chi connectivity index (χ1v) is 7.72. The summed E-state index contributed by atoms with van der Waals surface area (Å²) in [6, 6.07) is 9.54. The first-order valence-electron chi connectivity index (χ1n) is 6.84. The van der Waals surface area contributed by atoms with E-state index in [9.17, 15) is 9.59 Å². The van der Waals surface area contributed by atoms with Gasteiger partial charge in [0.1, 0.15) is 0 Å². The van der Waals surface area contributed by atoms with Gasteiger partial charge in [-0.05, 0) is 31.9 Å². The molecule has 2 aromatic rings. The third-order valence-electron chi connectivity index (χ3n) is 3.28. The van der Waals surface area contributed by atoms with E-state index in [0.29, 0.717) is 5.16 Å². The van der Waals surface area contributed by atoms with Gasteiger partial charge in [-0.15, -0.1) is 5.10 Å². The third-order valence-corrected chi connectivity index (χ3v) is 4.34. The molecule has 1 heterocycles. The predicted octanol–water partition coefficient (Wildman–Crippen LogP) is 2.03. The van der Waals surface area contributed by atoms with E-state index in [4.69, 9.17) is 0 Å². The fourth-order valence-electron chi connectivity index (χ4n) is 2.01. The Hall–Kier alpha value is -2.02. The molecule has 3 rings (SSSR count). The molecule has 1 amide bonds. The number of nitrogens with one attached hydrogen (secondary N) is 2. The van der Waals surface area contributed by atoms with E-state index in [1.165, 1.54) is 11.8 Å². The molecule has 1 saturated carbocycles. The molecule has 21 heavy (non-hydrogen) atoms. The molecule has 0 bridgehead atoms. The molecule has 1 fully saturated rings. The van der Waals surface area contributed by atoms with Crippen LogP contribution in [0.1, 0.15) is 25.8 Å². The molecule has 0 unspecified atom stereocenters. The monoisotopic (exact) mass is 304 g/mol. The minimum absolute atomic E-state index is 0.107. The van der Waals surface area contributed by atoms with Crippen molar-refractivity contribution >= 4 is 23.4 Å². The maximum Gasteiger partial charge on any atom is 0.344 e. The number of hydrogen-bond donors (Lipinski definition) is 2. The summed E-state index contributed by atoms with van der Waals surface area (Å²) in [5.74, 6) is -0.107. The Kier molecular flexibility index (Phi) is 3.83. The van der Waals surface area contributed by atoms with Gasteiger partial charge in [-0.2, -0.15) is 0 Å². The number of benzene rings is 1. The lowest BCUT2D eigenvalue weighted by atomic mass is 10.3. The summed E-state index contributed by atoms with van der Waals surface area (Å²) in [5.41, 5.74) is 0.562. The number of aromatic amines is 1. The lowest BCUT2D eigenvalue weighted by Crippen LogP contribution is -2.23. The van der Waals surface area contributed by atoms with E-state index in [-0.39, 0.29) is 22.9 Å². The highest BCUT2D eigenvalue weighted by atomic mass is 32.2. The summed E-state index contributed by atoms with van der Waals surface area (Å²) >= 11 is 1.30. The molecule has 110 valence electrons. The van der Waals surface area contributed by atoms with E-state index in [1.54, 1.807) is 11.5 Å². The summed E-state index contributed by atoms with van der Waals surface area (Å²) < 4.78 is 1.65. The van der Waals surface area contributed by atoms with Gasteiger partial charge in [0.25, 0.3) is 0 Å². The number of aromatic nitrogens is 3. The smallest absolute Gasteiger partial charge is 0.325 e. The van der Waals surface area contributed by atoms with E-state index in [2.05, 4.69) is 15.5 Å². The summed E-state index contributed by atoms with van der Waals surface area (Å²) in [4.78, 5) is 23.9. The normalized spacial score (nSPS) is 15.7. The first kappa shape index (κ1) is 13.9. The molecule has 1 atom stereocenters. The number of thioether (sulfide) groups is 1. The number of amides is 1. The van der Waals surface area contributed by atoms with Crippen molar-refractivity contribution in [2.24, 2.45) is 0 Å². The Labute approximate surface area is 125 Å². The van der Waals surface area contributed by atoms with Crippen LogP contribution in [-0.4, -0.2) is 25.9 Å². The van der Waals surface area contributed by atoms with Crippen molar-refractivity contribution in [3.05, 3.63) is 40.8 Å². The van der Waals surface area contributed by atoms with Crippen LogP contribution in [0.3, 0.4) is 0 Å². The molecule has 7 heteroatoms. The summed E-state index contributed by atoms with van der Waals surface area (Å²) in [6.45, 7) is 1.80. The molecule has 1 aliphatic rings. The minimum Gasteiger partial charge on any atom is -0.325 e. The van der Waals surface area contributed by atoms with Gasteiger partial charge in [0.15, 0.2) is 5.16 Å². The fraction of sp³-hybridized carbons (Fsp3) is 0.357. The maximum atomic E-state index is 12.2. The molecule has 1 aliphatic carbocycles. The summed E-state index contributed by atoms with van der Waals surface area (Å²) in [5, 5.41) is 9.57. The number of rotatable bonds is 5. The van der Waals surface area contributed by atoms with Crippen LogP contribution in [0.2, 0.25) is 0 Å². The molecule has 0 saturated heterocycles. The van der Waals surface area contributed by atoms with Crippen LogP contribution in [0.4, 0.5) is 5.69 Å². The van der Waals surface area contributed by atoms with Crippen molar-refractivity contribution < 1.29 is 4.79 Å². The molecule has 0 radical (unpaired) electrons. The Morgan fingerprint density at radius 3 is 2.81 bits per heavy atom. The van der Waals surface area contributed by atoms with Gasteiger partial charge >= 0.3 is 5.69 Å². The quantitative estimate of drug-likeness (QED) is 0.828. The molecule has 2 N–H and O–H groups in total. The number of nitrogens with zero attached hydrogens (tertiary/aromatic N) is 2. The van der Waals surface area contributed by atoms with E-state index in [1.807, 2.05) is 30.3 Å². The number of carbonyl (C=O) groups is 1. The van der Waals surface area contributed by atoms with Gasteiger partial charge in [-0.25, -0.2) is 9.89 Å². The van der Waals surface area contributed by atoms with Gasteiger partial charge in [0, 0.05) is 11.7 Å². The van der Waals surface area contributed by atoms with Crippen molar-refractivity contribution in [2.45, 2.75) is 36.2 Å². The van der Waals surface area contributed by atoms with Crippen molar-refractivity contribution in [1.29, 1.82) is 0 Å². The second-order valence-electron chi connectivity index (χ2n) is 5.03. The van der Waals surface area contributed by atoms with Crippen LogP contribution >= 0.6 is 11.8 Å². The first-order chi connectivity index (χ1) is 10.1. The average Bonchev–Trinajstić information content (AvgIpc) is 3.25. The number of anilines is 1. The van der Waals surface area contributed by atoms with Gasteiger partial charge in [0.05, 0.1) is 5.25 Å². The zero-order chi connectivity index (χ0) is 14.8. The zero-order valence-corrected chi connectivity index (χ0v) is 12.4. The third kappa shape index (κ3) is 3.18. The van der Waals surface area contributed by atoms with Crippen LogP contribution < -0.4 is 11.0 Å². The van der Waals surface area contributed by atoms with Crippen LogP contribution in [-0.2, 0) is 4.79 Å². The number of para-hydroxylation sites is 1. The Bertz CT molecular complexity index is 690.